The lowest BCUT2D eigenvalue weighted by molar-refractivity contribution is 0.401. The fourth-order valence-corrected chi connectivity index (χ4v) is 1.79. The Bertz CT molecular complexity index is 479. The zero-order valence-corrected chi connectivity index (χ0v) is 9.42. The van der Waals surface area contributed by atoms with E-state index in [0.717, 1.165) is 11.3 Å². The summed E-state index contributed by atoms with van der Waals surface area (Å²) in [5, 5.41) is 4.20. The normalized spacial score (nSPS) is 12.4. The maximum absolute atomic E-state index is 5.83. The molecule has 0 radical (unpaired) electrons. The topological polar surface area (TPSA) is 53.1 Å². The van der Waals surface area contributed by atoms with Crippen LogP contribution in [0, 0.1) is 0 Å². The molecule has 2 aromatic rings. The van der Waals surface area contributed by atoms with E-state index in [4.69, 9.17) is 10.5 Å². The first-order chi connectivity index (χ1) is 7.74. The van der Waals surface area contributed by atoms with Crippen LogP contribution in [0.25, 0.3) is 0 Å². The summed E-state index contributed by atoms with van der Waals surface area (Å²) in [4.78, 5) is 0. The zero-order valence-electron chi connectivity index (χ0n) is 9.42. The van der Waals surface area contributed by atoms with Gasteiger partial charge in [-0.05, 0) is 19.1 Å². The lowest BCUT2D eigenvalue weighted by atomic mass is 10.1. The Balaban J connectivity index is 2.41. The standard InChI is InChI=1S/C12H15N3O/c1-9(15-12(13)7-8-14-15)10-5-3-4-6-11(10)16-2/h3-9H,13H2,1-2H3. The van der Waals surface area contributed by atoms with Gasteiger partial charge in [0.25, 0.3) is 0 Å². The number of ether oxygens (including phenoxy) is 1. The van der Waals surface area contributed by atoms with Gasteiger partial charge in [0.15, 0.2) is 0 Å². The van der Waals surface area contributed by atoms with Gasteiger partial charge in [0.2, 0.25) is 0 Å². The first-order valence-corrected chi connectivity index (χ1v) is 5.16. The second kappa shape index (κ2) is 4.26. The number of nitrogens with zero attached hydrogens (tertiary/aromatic N) is 2. The second-order valence-electron chi connectivity index (χ2n) is 3.62. The van der Waals surface area contributed by atoms with E-state index < -0.39 is 0 Å². The Kier molecular flexibility index (Phi) is 2.81. The summed E-state index contributed by atoms with van der Waals surface area (Å²) in [6.45, 7) is 2.04. The van der Waals surface area contributed by atoms with Crippen LogP contribution in [0.2, 0.25) is 0 Å². The first-order valence-electron chi connectivity index (χ1n) is 5.16. The van der Waals surface area contributed by atoms with Gasteiger partial charge >= 0.3 is 0 Å². The number of para-hydroxylation sites is 1. The van der Waals surface area contributed by atoms with E-state index in [0.29, 0.717) is 5.82 Å². The third kappa shape index (κ3) is 1.74. The molecule has 0 fully saturated rings. The van der Waals surface area contributed by atoms with Crippen LogP contribution < -0.4 is 10.5 Å². The van der Waals surface area contributed by atoms with Crippen molar-refractivity contribution in [1.29, 1.82) is 0 Å². The summed E-state index contributed by atoms with van der Waals surface area (Å²) in [7, 11) is 1.66. The molecule has 16 heavy (non-hydrogen) atoms. The SMILES string of the molecule is COc1ccccc1C(C)n1nccc1N. The van der Waals surface area contributed by atoms with Gasteiger partial charge in [-0.1, -0.05) is 18.2 Å². The smallest absolute Gasteiger partial charge is 0.124 e. The molecule has 0 aliphatic carbocycles. The van der Waals surface area contributed by atoms with Crippen molar-refractivity contribution in [2.75, 3.05) is 12.8 Å². The Morgan fingerprint density at radius 2 is 2.06 bits per heavy atom. The van der Waals surface area contributed by atoms with Crippen LogP contribution in [-0.2, 0) is 0 Å². The number of rotatable bonds is 3. The van der Waals surface area contributed by atoms with Crippen molar-refractivity contribution in [2.24, 2.45) is 0 Å². The third-order valence-electron chi connectivity index (χ3n) is 2.66. The summed E-state index contributed by atoms with van der Waals surface area (Å²) >= 11 is 0. The number of hydrogen-bond donors (Lipinski definition) is 1. The summed E-state index contributed by atoms with van der Waals surface area (Å²) in [6, 6.07) is 9.73. The predicted molar refractivity (Wildman–Crippen MR) is 63.4 cm³/mol. The molecule has 0 saturated heterocycles. The van der Waals surface area contributed by atoms with Crippen molar-refractivity contribution in [3.63, 3.8) is 0 Å². The van der Waals surface area contributed by atoms with Gasteiger partial charge in [-0.25, -0.2) is 4.68 Å². The minimum Gasteiger partial charge on any atom is -0.496 e. The molecule has 0 amide bonds. The number of hydrogen-bond acceptors (Lipinski definition) is 3. The Morgan fingerprint density at radius 1 is 1.31 bits per heavy atom. The molecule has 0 spiro atoms. The third-order valence-corrected chi connectivity index (χ3v) is 2.66. The van der Waals surface area contributed by atoms with Crippen LogP contribution >= 0.6 is 0 Å². The quantitative estimate of drug-likeness (QED) is 0.856. The van der Waals surface area contributed by atoms with Crippen LogP contribution in [-0.4, -0.2) is 16.9 Å². The van der Waals surface area contributed by atoms with Crippen molar-refractivity contribution < 1.29 is 4.74 Å². The van der Waals surface area contributed by atoms with E-state index in [1.807, 2.05) is 31.2 Å². The van der Waals surface area contributed by atoms with Gasteiger partial charge < -0.3 is 10.5 Å². The number of anilines is 1. The number of methoxy groups -OCH3 is 1. The van der Waals surface area contributed by atoms with Gasteiger partial charge in [0.05, 0.1) is 19.3 Å². The number of benzene rings is 1. The largest absolute Gasteiger partial charge is 0.496 e. The van der Waals surface area contributed by atoms with Crippen LogP contribution in [0.4, 0.5) is 5.82 Å². The van der Waals surface area contributed by atoms with E-state index in [1.54, 1.807) is 24.1 Å². The first kappa shape index (κ1) is 10.5. The van der Waals surface area contributed by atoms with Crippen molar-refractivity contribution in [2.45, 2.75) is 13.0 Å². The molecule has 1 atom stereocenters. The maximum Gasteiger partial charge on any atom is 0.124 e. The molecule has 0 bridgehead atoms. The Labute approximate surface area is 94.6 Å². The van der Waals surface area contributed by atoms with Gasteiger partial charge in [0, 0.05) is 5.56 Å². The highest BCUT2D eigenvalue weighted by Gasteiger charge is 2.14. The molecule has 4 heteroatoms. The zero-order chi connectivity index (χ0) is 11.5. The lowest BCUT2D eigenvalue weighted by Gasteiger charge is -2.17. The van der Waals surface area contributed by atoms with Crippen molar-refractivity contribution in [3.8, 4) is 5.75 Å². The van der Waals surface area contributed by atoms with Crippen LogP contribution in [0.15, 0.2) is 36.5 Å². The molecular weight excluding hydrogens is 202 g/mol. The molecule has 1 heterocycles. The highest BCUT2D eigenvalue weighted by atomic mass is 16.5. The average molecular weight is 217 g/mol. The maximum atomic E-state index is 5.83. The van der Waals surface area contributed by atoms with Gasteiger partial charge in [-0.3, -0.25) is 0 Å². The highest BCUT2D eigenvalue weighted by molar-refractivity contribution is 5.38. The summed E-state index contributed by atoms with van der Waals surface area (Å²) in [5.74, 6) is 1.50. The molecule has 0 aliphatic rings. The Morgan fingerprint density at radius 3 is 2.69 bits per heavy atom. The van der Waals surface area contributed by atoms with Crippen LogP contribution in [0.5, 0.6) is 5.75 Å². The molecule has 1 unspecified atom stereocenters. The fourth-order valence-electron chi connectivity index (χ4n) is 1.79. The minimum absolute atomic E-state index is 0.0612. The van der Waals surface area contributed by atoms with E-state index in [-0.39, 0.29) is 6.04 Å². The van der Waals surface area contributed by atoms with E-state index in [2.05, 4.69) is 5.10 Å². The van der Waals surface area contributed by atoms with Crippen molar-refractivity contribution >= 4 is 5.82 Å². The van der Waals surface area contributed by atoms with E-state index in [1.165, 1.54) is 0 Å². The summed E-state index contributed by atoms with van der Waals surface area (Å²) in [6.07, 6.45) is 1.70. The number of nitrogens with two attached hydrogens (primary N) is 1. The molecule has 0 aliphatic heterocycles. The fraction of sp³-hybridized carbons (Fsp3) is 0.250. The molecule has 0 saturated carbocycles. The molecule has 2 rings (SSSR count). The summed E-state index contributed by atoms with van der Waals surface area (Å²) < 4.78 is 7.10. The Hall–Kier alpha value is -1.97. The van der Waals surface area contributed by atoms with Crippen LogP contribution in [0.1, 0.15) is 18.5 Å². The second-order valence-corrected chi connectivity index (χ2v) is 3.62. The van der Waals surface area contributed by atoms with E-state index >= 15 is 0 Å². The molecule has 1 aromatic heterocycles. The minimum atomic E-state index is 0.0612. The van der Waals surface area contributed by atoms with Crippen LogP contribution in [0.3, 0.4) is 0 Å². The van der Waals surface area contributed by atoms with Crippen molar-refractivity contribution in [1.82, 2.24) is 9.78 Å². The van der Waals surface area contributed by atoms with Crippen molar-refractivity contribution in [3.05, 3.63) is 42.1 Å². The van der Waals surface area contributed by atoms with Gasteiger partial charge in [0.1, 0.15) is 11.6 Å². The predicted octanol–water partition coefficient (Wildman–Crippen LogP) is 2.08. The summed E-state index contributed by atoms with van der Waals surface area (Å²) in [5.41, 5.74) is 6.90. The highest BCUT2D eigenvalue weighted by Crippen LogP contribution is 2.28. The van der Waals surface area contributed by atoms with E-state index in [9.17, 15) is 0 Å². The molecule has 2 N–H and O–H groups in total. The average Bonchev–Trinajstić information content (AvgIpc) is 2.74. The molecule has 4 nitrogen and oxygen atoms in total. The number of aromatic nitrogens is 2. The monoisotopic (exact) mass is 217 g/mol. The van der Waals surface area contributed by atoms with Gasteiger partial charge in [-0.15, -0.1) is 0 Å². The molecule has 84 valence electrons. The molecule has 1 aromatic carbocycles. The number of nitrogen functional groups attached to an aromatic ring is 1. The molecular formula is C12H15N3O. The lowest BCUT2D eigenvalue weighted by Crippen LogP contribution is -2.12. The van der Waals surface area contributed by atoms with Gasteiger partial charge in [-0.2, -0.15) is 5.10 Å².